The van der Waals surface area contributed by atoms with Gasteiger partial charge in [-0.3, -0.25) is 9.36 Å². The predicted molar refractivity (Wildman–Crippen MR) is 125 cm³/mol. The molecule has 1 aliphatic rings. The van der Waals surface area contributed by atoms with E-state index < -0.39 is 0 Å². The molecule has 164 valence electrons. The molecule has 1 saturated heterocycles. The zero-order valence-corrected chi connectivity index (χ0v) is 18.7. The summed E-state index contributed by atoms with van der Waals surface area (Å²) >= 11 is 7.19. The summed E-state index contributed by atoms with van der Waals surface area (Å²) in [5, 5.41) is 13.9. The molecule has 0 bridgehead atoms. The average Bonchev–Trinajstić information content (AvgIpc) is 3.54. The summed E-state index contributed by atoms with van der Waals surface area (Å²) in [5.41, 5.74) is 2.02. The van der Waals surface area contributed by atoms with Crippen molar-refractivity contribution in [2.24, 2.45) is 0 Å². The number of carbonyl (C=O) groups excluding carboxylic acids is 1. The molecule has 5 rings (SSSR count). The zero-order valence-electron chi connectivity index (χ0n) is 17.1. The second-order valence-corrected chi connectivity index (χ2v) is 8.88. The van der Waals surface area contributed by atoms with Crippen LogP contribution in [-0.2, 0) is 16.1 Å². The number of hydrogen-bond acceptors (Lipinski definition) is 6. The molecule has 1 fully saturated rings. The number of aromatic amines is 1. The highest BCUT2D eigenvalue weighted by molar-refractivity contribution is 7.99. The van der Waals surface area contributed by atoms with Gasteiger partial charge in [-0.1, -0.05) is 41.6 Å². The summed E-state index contributed by atoms with van der Waals surface area (Å²) in [4.78, 5) is 19.8. The number of thioether (sulfide) groups is 1. The van der Waals surface area contributed by atoms with Crippen LogP contribution in [0.3, 0.4) is 0 Å². The van der Waals surface area contributed by atoms with Crippen molar-refractivity contribution in [2.75, 3.05) is 17.7 Å². The third-order valence-corrected chi connectivity index (χ3v) is 6.47. The second kappa shape index (κ2) is 9.32. The molecule has 0 saturated carbocycles. The van der Waals surface area contributed by atoms with E-state index in [1.807, 2.05) is 24.4 Å². The fourth-order valence-corrected chi connectivity index (χ4v) is 4.63. The highest BCUT2D eigenvalue weighted by Gasteiger charge is 2.23. The summed E-state index contributed by atoms with van der Waals surface area (Å²) in [6.07, 6.45) is 5.61. The number of aromatic nitrogens is 5. The van der Waals surface area contributed by atoms with Gasteiger partial charge in [-0.05, 0) is 31.0 Å². The van der Waals surface area contributed by atoms with E-state index >= 15 is 0 Å². The van der Waals surface area contributed by atoms with Gasteiger partial charge in [-0.15, -0.1) is 10.2 Å². The second-order valence-electron chi connectivity index (χ2n) is 7.50. The smallest absolute Gasteiger partial charge is 0.236 e. The van der Waals surface area contributed by atoms with Crippen LogP contribution in [0.1, 0.15) is 12.8 Å². The Kier molecular flexibility index (Phi) is 6.11. The molecule has 4 heterocycles. The molecule has 0 spiro atoms. The number of fused-ring (bicyclic) bond motifs is 1. The van der Waals surface area contributed by atoms with Crippen LogP contribution in [0.2, 0.25) is 5.02 Å². The lowest BCUT2D eigenvalue weighted by molar-refractivity contribution is -0.113. The number of amides is 1. The molecule has 1 atom stereocenters. The van der Waals surface area contributed by atoms with Crippen LogP contribution in [0.4, 0.5) is 5.82 Å². The van der Waals surface area contributed by atoms with E-state index in [-0.39, 0.29) is 17.8 Å². The van der Waals surface area contributed by atoms with Crippen LogP contribution < -0.4 is 5.32 Å². The number of H-pyrrole nitrogens is 1. The first-order valence-electron chi connectivity index (χ1n) is 10.3. The first-order valence-corrected chi connectivity index (χ1v) is 11.7. The van der Waals surface area contributed by atoms with Gasteiger partial charge < -0.3 is 15.0 Å². The first-order chi connectivity index (χ1) is 15.7. The topological polar surface area (TPSA) is 97.7 Å². The largest absolute Gasteiger partial charge is 0.376 e. The van der Waals surface area contributed by atoms with Crippen LogP contribution >= 0.6 is 23.4 Å². The summed E-state index contributed by atoms with van der Waals surface area (Å²) in [6, 6.07) is 11.4. The number of ether oxygens (including phenoxy) is 1. The Morgan fingerprint density at radius 1 is 1.28 bits per heavy atom. The van der Waals surface area contributed by atoms with Gasteiger partial charge in [0.1, 0.15) is 5.82 Å². The molecule has 0 aliphatic carbocycles. The van der Waals surface area contributed by atoms with Crippen LogP contribution in [0.15, 0.2) is 53.9 Å². The molecule has 3 aromatic heterocycles. The third-order valence-electron chi connectivity index (χ3n) is 5.28. The Bertz CT molecular complexity index is 1230. The van der Waals surface area contributed by atoms with Crippen molar-refractivity contribution < 1.29 is 9.53 Å². The van der Waals surface area contributed by atoms with E-state index in [4.69, 9.17) is 16.3 Å². The van der Waals surface area contributed by atoms with Crippen molar-refractivity contribution in [1.29, 1.82) is 0 Å². The number of benzene rings is 1. The molecule has 0 radical (unpaired) electrons. The summed E-state index contributed by atoms with van der Waals surface area (Å²) in [6.45, 7) is 1.42. The van der Waals surface area contributed by atoms with Gasteiger partial charge in [0.25, 0.3) is 0 Å². The minimum Gasteiger partial charge on any atom is -0.376 e. The van der Waals surface area contributed by atoms with Crippen molar-refractivity contribution >= 4 is 46.0 Å². The Morgan fingerprint density at radius 3 is 3.00 bits per heavy atom. The highest BCUT2D eigenvalue weighted by atomic mass is 35.5. The van der Waals surface area contributed by atoms with Crippen LogP contribution in [0, 0.1) is 0 Å². The molecule has 1 aromatic carbocycles. The normalized spacial score (nSPS) is 16.0. The zero-order chi connectivity index (χ0) is 21.9. The standard InChI is InChI=1S/C22H21ClN6O2S/c23-14-7-8-19(25-10-14)26-20(30)13-32-22-28-27-21(29(22)12-15-4-3-9-31-15)17-11-24-18-6-2-1-5-16(17)18/h1-2,5-8,10-11,15,24H,3-4,9,12-13H2,(H,25,26,30). The lowest BCUT2D eigenvalue weighted by atomic mass is 10.1. The van der Waals surface area contributed by atoms with Crippen LogP contribution in [0.5, 0.6) is 0 Å². The number of pyridine rings is 1. The molecule has 1 unspecified atom stereocenters. The fraction of sp³-hybridized carbons (Fsp3) is 0.273. The van der Waals surface area contributed by atoms with Crippen LogP contribution in [0.25, 0.3) is 22.3 Å². The van der Waals surface area contributed by atoms with E-state index in [2.05, 4.69) is 36.1 Å². The van der Waals surface area contributed by atoms with Gasteiger partial charge in [-0.25, -0.2) is 4.98 Å². The van der Waals surface area contributed by atoms with Gasteiger partial charge in [0.2, 0.25) is 5.91 Å². The number of nitrogens with zero attached hydrogens (tertiary/aromatic N) is 4. The van der Waals surface area contributed by atoms with Gasteiger partial charge in [0, 0.05) is 35.5 Å². The Balaban J connectivity index is 1.38. The molecular formula is C22H21ClN6O2S. The lowest BCUT2D eigenvalue weighted by Crippen LogP contribution is -2.18. The number of nitrogens with one attached hydrogen (secondary N) is 2. The maximum atomic E-state index is 12.4. The van der Waals surface area contributed by atoms with Crippen molar-refractivity contribution in [3.05, 3.63) is 53.8 Å². The molecule has 2 N–H and O–H groups in total. The van der Waals surface area contributed by atoms with Gasteiger partial charge in [0.05, 0.1) is 23.4 Å². The number of anilines is 1. The molecule has 1 amide bonds. The minimum absolute atomic E-state index is 0.112. The molecule has 10 heteroatoms. The Hall–Kier alpha value is -2.88. The SMILES string of the molecule is O=C(CSc1nnc(-c2c[nH]c3ccccc23)n1CC1CCCO1)Nc1ccc(Cl)cn1. The van der Waals surface area contributed by atoms with Gasteiger partial charge in [-0.2, -0.15) is 0 Å². The maximum absolute atomic E-state index is 12.4. The van der Waals surface area contributed by atoms with Crippen molar-refractivity contribution in [3.63, 3.8) is 0 Å². The summed E-state index contributed by atoms with van der Waals surface area (Å²) in [5.74, 6) is 1.23. The summed E-state index contributed by atoms with van der Waals surface area (Å²) < 4.78 is 7.92. The quantitative estimate of drug-likeness (QED) is 0.390. The van der Waals surface area contributed by atoms with Gasteiger partial charge in [0.15, 0.2) is 11.0 Å². The van der Waals surface area contributed by atoms with Crippen molar-refractivity contribution in [3.8, 4) is 11.4 Å². The third kappa shape index (κ3) is 4.50. The molecular weight excluding hydrogens is 448 g/mol. The molecule has 32 heavy (non-hydrogen) atoms. The van der Waals surface area contributed by atoms with E-state index in [1.165, 1.54) is 18.0 Å². The minimum atomic E-state index is -0.176. The molecule has 4 aromatic rings. The maximum Gasteiger partial charge on any atom is 0.236 e. The monoisotopic (exact) mass is 468 g/mol. The number of halogens is 1. The van der Waals surface area contributed by atoms with E-state index in [9.17, 15) is 4.79 Å². The number of hydrogen-bond donors (Lipinski definition) is 2. The molecule has 8 nitrogen and oxygen atoms in total. The summed E-state index contributed by atoms with van der Waals surface area (Å²) in [7, 11) is 0. The average molecular weight is 469 g/mol. The van der Waals surface area contributed by atoms with Crippen molar-refractivity contribution in [1.82, 2.24) is 24.7 Å². The van der Waals surface area contributed by atoms with Crippen molar-refractivity contribution in [2.45, 2.75) is 30.6 Å². The van der Waals surface area contributed by atoms with E-state index in [0.717, 1.165) is 41.7 Å². The van der Waals surface area contributed by atoms with E-state index in [1.54, 1.807) is 12.1 Å². The van der Waals surface area contributed by atoms with E-state index in [0.29, 0.717) is 22.5 Å². The lowest BCUT2D eigenvalue weighted by Gasteiger charge is -2.14. The molecule has 1 aliphatic heterocycles. The van der Waals surface area contributed by atoms with Gasteiger partial charge >= 0.3 is 0 Å². The number of para-hydroxylation sites is 1. The number of rotatable bonds is 7. The predicted octanol–water partition coefficient (Wildman–Crippen LogP) is 4.38. The Labute approximate surface area is 193 Å². The Morgan fingerprint density at radius 2 is 2.19 bits per heavy atom. The highest BCUT2D eigenvalue weighted by Crippen LogP contribution is 2.31. The number of carbonyl (C=O) groups is 1. The first kappa shape index (κ1) is 21.0. The fourth-order valence-electron chi connectivity index (χ4n) is 3.77. The van der Waals surface area contributed by atoms with Crippen LogP contribution in [-0.4, -0.2) is 49.1 Å².